The summed E-state index contributed by atoms with van der Waals surface area (Å²) < 4.78 is 5.43. The van der Waals surface area contributed by atoms with Crippen LogP contribution in [0.2, 0.25) is 0 Å². The molecular weight excluding hydrogens is 336 g/mol. The van der Waals surface area contributed by atoms with Crippen molar-refractivity contribution in [2.75, 3.05) is 5.32 Å². The van der Waals surface area contributed by atoms with Gasteiger partial charge in [-0.25, -0.2) is 15.0 Å². The highest BCUT2D eigenvalue weighted by atomic mass is 16.3. The van der Waals surface area contributed by atoms with E-state index in [2.05, 4.69) is 44.5 Å². The molecule has 0 amide bonds. The fraction of sp³-hybridized carbons (Fsp3) is 0.227. The molecule has 2 heterocycles. The number of hydrogen-bond acceptors (Lipinski definition) is 5. The molecule has 5 rings (SSSR count). The van der Waals surface area contributed by atoms with Crippen LogP contribution in [0.4, 0.5) is 5.82 Å². The third-order valence-corrected chi connectivity index (χ3v) is 5.16. The monoisotopic (exact) mass is 356 g/mol. The number of aromatic nitrogens is 3. The van der Waals surface area contributed by atoms with E-state index in [9.17, 15) is 0 Å². The molecule has 2 aromatic heterocycles. The van der Waals surface area contributed by atoms with Crippen molar-refractivity contribution in [2.24, 2.45) is 0 Å². The van der Waals surface area contributed by atoms with E-state index in [-0.39, 0.29) is 6.04 Å². The highest BCUT2D eigenvalue weighted by molar-refractivity contribution is 5.79. The molecule has 4 aromatic rings. The molecule has 0 radical (unpaired) electrons. The van der Waals surface area contributed by atoms with Crippen molar-refractivity contribution < 1.29 is 4.42 Å². The van der Waals surface area contributed by atoms with Gasteiger partial charge in [-0.05, 0) is 49.4 Å². The quantitative estimate of drug-likeness (QED) is 0.554. The molecule has 134 valence electrons. The van der Waals surface area contributed by atoms with Crippen LogP contribution in [0, 0.1) is 6.92 Å². The Morgan fingerprint density at radius 1 is 1.07 bits per heavy atom. The molecule has 5 nitrogen and oxygen atoms in total. The minimum atomic E-state index is 0.286. The summed E-state index contributed by atoms with van der Waals surface area (Å²) in [5, 5.41) is 3.63. The van der Waals surface area contributed by atoms with Crippen molar-refractivity contribution in [1.82, 2.24) is 15.0 Å². The lowest BCUT2D eigenvalue weighted by Crippen LogP contribution is -2.18. The first-order valence-electron chi connectivity index (χ1n) is 9.30. The second-order valence-corrected chi connectivity index (χ2v) is 7.01. The van der Waals surface area contributed by atoms with Crippen LogP contribution in [0.5, 0.6) is 0 Å². The smallest absolute Gasteiger partial charge is 0.181 e. The largest absolute Gasteiger partial charge is 0.443 e. The average Bonchev–Trinajstić information content (AvgIpc) is 3.16. The van der Waals surface area contributed by atoms with Gasteiger partial charge in [0, 0.05) is 11.6 Å². The van der Waals surface area contributed by atoms with Gasteiger partial charge in [0.2, 0.25) is 0 Å². The number of oxazole rings is 1. The Morgan fingerprint density at radius 3 is 2.96 bits per heavy atom. The zero-order valence-electron chi connectivity index (χ0n) is 15.1. The highest BCUT2D eigenvalue weighted by Gasteiger charge is 2.20. The predicted molar refractivity (Wildman–Crippen MR) is 106 cm³/mol. The van der Waals surface area contributed by atoms with Crippen LogP contribution in [0.3, 0.4) is 0 Å². The molecule has 0 fully saturated rings. The van der Waals surface area contributed by atoms with Gasteiger partial charge in [0.05, 0.1) is 11.7 Å². The molecule has 2 aromatic carbocycles. The summed E-state index contributed by atoms with van der Waals surface area (Å²) in [5.41, 5.74) is 6.30. The fourth-order valence-electron chi connectivity index (χ4n) is 3.89. The van der Waals surface area contributed by atoms with Gasteiger partial charge < -0.3 is 9.73 Å². The lowest BCUT2D eigenvalue weighted by molar-refractivity contribution is 0.598. The van der Waals surface area contributed by atoms with E-state index >= 15 is 0 Å². The molecule has 0 aliphatic heterocycles. The predicted octanol–water partition coefficient (Wildman–Crippen LogP) is 5.08. The standard InChI is InChI=1S/C22H20N4O/c1-14-24-20(16-9-10-19-21(11-16)27-13-23-19)12-22(25-14)26-18-8-4-6-15-5-2-3-7-17(15)18/h2-3,5,7,9-13,18H,4,6,8H2,1H3,(H,24,25,26). The van der Waals surface area contributed by atoms with Crippen LogP contribution in [0.1, 0.15) is 35.8 Å². The summed E-state index contributed by atoms with van der Waals surface area (Å²) in [7, 11) is 0. The van der Waals surface area contributed by atoms with E-state index in [4.69, 9.17) is 4.42 Å². The number of anilines is 1. The lowest BCUT2D eigenvalue weighted by Gasteiger charge is -2.27. The third-order valence-electron chi connectivity index (χ3n) is 5.16. The maximum Gasteiger partial charge on any atom is 0.181 e. The summed E-state index contributed by atoms with van der Waals surface area (Å²) >= 11 is 0. The van der Waals surface area contributed by atoms with Crippen molar-refractivity contribution in [2.45, 2.75) is 32.2 Å². The molecule has 1 N–H and O–H groups in total. The molecule has 1 atom stereocenters. The SMILES string of the molecule is Cc1nc(NC2CCCc3ccccc32)cc(-c2ccc3ncoc3c2)n1. The number of aryl methyl sites for hydroxylation is 2. The Hall–Kier alpha value is -3.21. The molecule has 0 spiro atoms. The minimum absolute atomic E-state index is 0.286. The van der Waals surface area contributed by atoms with Crippen LogP contribution >= 0.6 is 0 Å². The van der Waals surface area contributed by atoms with Gasteiger partial charge in [0.15, 0.2) is 12.0 Å². The Labute approximate surface area is 157 Å². The summed E-state index contributed by atoms with van der Waals surface area (Å²) in [5.74, 6) is 1.61. The average molecular weight is 356 g/mol. The van der Waals surface area contributed by atoms with Gasteiger partial charge >= 0.3 is 0 Å². The molecular formula is C22H20N4O. The van der Waals surface area contributed by atoms with Crippen LogP contribution in [0.25, 0.3) is 22.4 Å². The van der Waals surface area contributed by atoms with Crippen molar-refractivity contribution in [3.05, 3.63) is 71.9 Å². The number of nitrogens with zero attached hydrogens (tertiary/aromatic N) is 3. The fourth-order valence-corrected chi connectivity index (χ4v) is 3.89. The number of nitrogens with one attached hydrogen (secondary N) is 1. The van der Waals surface area contributed by atoms with E-state index < -0.39 is 0 Å². The van der Waals surface area contributed by atoms with E-state index in [1.54, 1.807) is 0 Å². The number of rotatable bonds is 3. The first-order chi connectivity index (χ1) is 13.3. The van der Waals surface area contributed by atoms with Crippen LogP contribution < -0.4 is 5.32 Å². The van der Waals surface area contributed by atoms with E-state index in [1.807, 2.05) is 31.2 Å². The Bertz CT molecular complexity index is 1120. The number of hydrogen-bond donors (Lipinski definition) is 1. The highest BCUT2D eigenvalue weighted by Crippen LogP contribution is 2.33. The second-order valence-electron chi connectivity index (χ2n) is 7.01. The van der Waals surface area contributed by atoms with Crippen LogP contribution in [-0.4, -0.2) is 15.0 Å². The van der Waals surface area contributed by atoms with E-state index in [1.165, 1.54) is 23.9 Å². The van der Waals surface area contributed by atoms with Crippen molar-refractivity contribution in [1.29, 1.82) is 0 Å². The zero-order chi connectivity index (χ0) is 18.2. The summed E-state index contributed by atoms with van der Waals surface area (Å²) in [6.07, 6.45) is 4.92. The number of fused-ring (bicyclic) bond motifs is 2. The second kappa shape index (κ2) is 6.50. The van der Waals surface area contributed by atoms with Gasteiger partial charge in [0.1, 0.15) is 17.2 Å². The molecule has 0 saturated heterocycles. The van der Waals surface area contributed by atoms with Gasteiger partial charge in [0.25, 0.3) is 0 Å². The summed E-state index contributed by atoms with van der Waals surface area (Å²) in [6, 6.07) is 16.9. The molecule has 0 bridgehead atoms. The zero-order valence-corrected chi connectivity index (χ0v) is 15.1. The van der Waals surface area contributed by atoms with Crippen molar-refractivity contribution in [3.8, 4) is 11.3 Å². The maximum absolute atomic E-state index is 5.43. The van der Waals surface area contributed by atoms with E-state index in [0.717, 1.165) is 46.8 Å². The first-order valence-corrected chi connectivity index (χ1v) is 9.30. The van der Waals surface area contributed by atoms with Crippen molar-refractivity contribution in [3.63, 3.8) is 0 Å². The summed E-state index contributed by atoms with van der Waals surface area (Å²) in [4.78, 5) is 13.4. The van der Waals surface area contributed by atoms with Gasteiger partial charge in [-0.3, -0.25) is 0 Å². The Balaban J connectivity index is 1.49. The molecule has 1 unspecified atom stereocenters. The van der Waals surface area contributed by atoms with Gasteiger partial charge in [-0.2, -0.15) is 0 Å². The Kier molecular flexibility index (Phi) is 3.85. The number of benzene rings is 2. The molecule has 5 heteroatoms. The molecule has 0 saturated carbocycles. The lowest BCUT2D eigenvalue weighted by atomic mass is 9.88. The van der Waals surface area contributed by atoms with Crippen molar-refractivity contribution >= 4 is 16.9 Å². The van der Waals surface area contributed by atoms with Gasteiger partial charge in [-0.15, -0.1) is 0 Å². The normalized spacial score (nSPS) is 16.3. The van der Waals surface area contributed by atoms with Gasteiger partial charge in [-0.1, -0.05) is 30.3 Å². The third kappa shape index (κ3) is 3.05. The molecule has 1 aliphatic carbocycles. The Morgan fingerprint density at radius 2 is 2.00 bits per heavy atom. The molecule has 1 aliphatic rings. The molecule has 27 heavy (non-hydrogen) atoms. The summed E-state index contributed by atoms with van der Waals surface area (Å²) in [6.45, 7) is 1.93. The first kappa shape index (κ1) is 16.0. The van der Waals surface area contributed by atoms with Crippen LogP contribution in [0.15, 0.2) is 59.3 Å². The maximum atomic E-state index is 5.43. The topological polar surface area (TPSA) is 63.8 Å². The van der Waals surface area contributed by atoms with E-state index in [0.29, 0.717) is 0 Å². The van der Waals surface area contributed by atoms with Crippen LogP contribution in [-0.2, 0) is 6.42 Å². The minimum Gasteiger partial charge on any atom is -0.443 e.